The van der Waals surface area contributed by atoms with Gasteiger partial charge in [0.1, 0.15) is 0 Å². The topological polar surface area (TPSA) is 0 Å². The van der Waals surface area contributed by atoms with Crippen molar-refractivity contribution >= 4 is 11.6 Å². The SMILES string of the molecule is CCC(CC(F)F)CC(C)CCl. The van der Waals surface area contributed by atoms with E-state index in [1.807, 2.05) is 13.8 Å². The minimum absolute atomic E-state index is 0.0255. The second-order valence-electron chi connectivity index (χ2n) is 3.40. The van der Waals surface area contributed by atoms with Crippen LogP contribution in [0.25, 0.3) is 0 Å². The third-order valence-electron chi connectivity index (χ3n) is 2.09. The Kier molecular flexibility index (Phi) is 6.73. The van der Waals surface area contributed by atoms with Gasteiger partial charge in [0.25, 0.3) is 0 Å². The summed E-state index contributed by atoms with van der Waals surface area (Å²) < 4.78 is 24.0. The number of halogens is 3. The Hall–Kier alpha value is 0.150. The summed E-state index contributed by atoms with van der Waals surface area (Å²) in [7, 11) is 0. The first-order chi connectivity index (χ1) is 5.60. The van der Waals surface area contributed by atoms with Gasteiger partial charge in [-0.2, -0.15) is 0 Å². The fourth-order valence-electron chi connectivity index (χ4n) is 1.31. The van der Waals surface area contributed by atoms with Crippen molar-refractivity contribution in [1.82, 2.24) is 0 Å². The molecule has 0 aromatic carbocycles. The van der Waals surface area contributed by atoms with Crippen molar-refractivity contribution in [3.63, 3.8) is 0 Å². The van der Waals surface area contributed by atoms with Crippen molar-refractivity contribution in [1.29, 1.82) is 0 Å². The molecule has 0 aliphatic carbocycles. The maximum absolute atomic E-state index is 12.0. The molecule has 0 aromatic rings. The van der Waals surface area contributed by atoms with Gasteiger partial charge in [-0.25, -0.2) is 8.78 Å². The lowest BCUT2D eigenvalue weighted by molar-refractivity contribution is 0.108. The predicted molar refractivity (Wildman–Crippen MR) is 48.9 cm³/mol. The summed E-state index contributed by atoms with van der Waals surface area (Å²) in [5.74, 6) is 1.06. The Balaban J connectivity index is 3.66. The Morgan fingerprint density at radius 3 is 2.17 bits per heavy atom. The van der Waals surface area contributed by atoms with E-state index in [9.17, 15) is 8.78 Å². The molecule has 0 aromatic heterocycles. The van der Waals surface area contributed by atoms with Gasteiger partial charge < -0.3 is 0 Å². The zero-order chi connectivity index (χ0) is 9.56. The third kappa shape index (κ3) is 5.76. The van der Waals surface area contributed by atoms with Gasteiger partial charge in [0.2, 0.25) is 6.43 Å². The molecule has 12 heavy (non-hydrogen) atoms. The molecule has 0 saturated heterocycles. The van der Waals surface area contributed by atoms with Gasteiger partial charge in [0.15, 0.2) is 0 Å². The molecule has 0 nitrogen and oxygen atoms in total. The van der Waals surface area contributed by atoms with E-state index in [-0.39, 0.29) is 12.3 Å². The predicted octanol–water partition coefficient (Wildman–Crippen LogP) is 3.93. The molecule has 0 N–H and O–H groups in total. The first-order valence-corrected chi connectivity index (χ1v) is 4.97. The summed E-state index contributed by atoms with van der Waals surface area (Å²) in [4.78, 5) is 0. The summed E-state index contributed by atoms with van der Waals surface area (Å²) in [5, 5.41) is 0. The van der Waals surface area contributed by atoms with E-state index < -0.39 is 6.43 Å². The first kappa shape index (κ1) is 12.2. The molecule has 0 spiro atoms. The van der Waals surface area contributed by atoms with Crippen molar-refractivity contribution in [2.24, 2.45) is 11.8 Å². The molecular weight excluding hydrogens is 182 g/mol. The summed E-state index contributed by atoms with van der Waals surface area (Å²) in [6, 6.07) is 0. The highest BCUT2D eigenvalue weighted by molar-refractivity contribution is 6.18. The maximum Gasteiger partial charge on any atom is 0.238 e. The molecule has 0 heterocycles. The molecular formula is C9H17ClF2. The van der Waals surface area contributed by atoms with Gasteiger partial charge in [-0.1, -0.05) is 20.3 Å². The fraction of sp³-hybridized carbons (Fsp3) is 1.00. The number of alkyl halides is 3. The lowest BCUT2D eigenvalue weighted by Crippen LogP contribution is -2.10. The Bertz CT molecular complexity index is 107. The highest BCUT2D eigenvalue weighted by atomic mass is 35.5. The van der Waals surface area contributed by atoms with E-state index in [0.29, 0.717) is 11.8 Å². The van der Waals surface area contributed by atoms with Gasteiger partial charge in [0.05, 0.1) is 0 Å². The molecule has 3 heteroatoms. The Morgan fingerprint density at radius 2 is 1.83 bits per heavy atom. The molecule has 0 aliphatic rings. The standard InChI is InChI=1S/C9H17ClF2/c1-3-8(5-9(11)12)4-7(2)6-10/h7-9H,3-6H2,1-2H3. The van der Waals surface area contributed by atoms with Crippen molar-refractivity contribution in [3.8, 4) is 0 Å². The largest absolute Gasteiger partial charge is 0.238 e. The molecule has 0 aliphatic heterocycles. The minimum atomic E-state index is -2.17. The van der Waals surface area contributed by atoms with Crippen LogP contribution in [0.1, 0.15) is 33.1 Å². The molecule has 0 amide bonds. The van der Waals surface area contributed by atoms with Crippen LogP contribution in [0.3, 0.4) is 0 Å². The quantitative estimate of drug-likeness (QED) is 0.568. The van der Waals surface area contributed by atoms with Crippen LogP contribution >= 0.6 is 11.6 Å². The summed E-state index contributed by atoms with van der Waals surface area (Å²) >= 11 is 5.60. The Labute approximate surface area is 78.3 Å². The monoisotopic (exact) mass is 198 g/mol. The van der Waals surface area contributed by atoms with Gasteiger partial charge in [-0.05, 0) is 18.3 Å². The van der Waals surface area contributed by atoms with Crippen LogP contribution in [0.5, 0.6) is 0 Å². The van der Waals surface area contributed by atoms with Crippen molar-refractivity contribution in [3.05, 3.63) is 0 Å². The zero-order valence-corrected chi connectivity index (χ0v) is 8.45. The van der Waals surface area contributed by atoms with E-state index in [4.69, 9.17) is 11.6 Å². The zero-order valence-electron chi connectivity index (χ0n) is 7.69. The van der Waals surface area contributed by atoms with Crippen LogP contribution in [0.15, 0.2) is 0 Å². The minimum Gasteiger partial charge on any atom is -0.211 e. The van der Waals surface area contributed by atoms with E-state index in [2.05, 4.69) is 0 Å². The lowest BCUT2D eigenvalue weighted by atomic mass is 9.92. The highest BCUT2D eigenvalue weighted by Crippen LogP contribution is 2.22. The Morgan fingerprint density at radius 1 is 1.25 bits per heavy atom. The smallest absolute Gasteiger partial charge is 0.211 e. The molecule has 2 unspecified atom stereocenters. The molecule has 0 bridgehead atoms. The second-order valence-corrected chi connectivity index (χ2v) is 3.70. The molecule has 74 valence electrons. The molecule has 0 rings (SSSR count). The van der Waals surface area contributed by atoms with Gasteiger partial charge in [-0.15, -0.1) is 11.6 Å². The van der Waals surface area contributed by atoms with Crippen LogP contribution < -0.4 is 0 Å². The average Bonchev–Trinajstić information content (AvgIpc) is 2.02. The van der Waals surface area contributed by atoms with Crippen LogP contribution in [-0.4, -0.2) is 12.3 Å². The van der Waals surface area contributed by atoms with Gasteiger partial charge in [-0.3, -0.25) is 0 Å². The summed E-state index contributed by atoms with van der Waals surface area (Å²) in [6.07, 6.45) is -0.495. The van der Waals surface area contributed by atoms with Gasteiger partial charge in [0, 0.05) is 12.3 Å². The van der Waals surface area contributed by atoms with Crippen LogP contribution in [0, 0.1) is 11.8 Å². The highest BCUT2D eigenvalue weighted by Gasteiger charge is 2.15. The molecule has 0 radical (unpaired) electrons. The van der Waals surface area contributed by atoms with Crippen LogP contribution in [0.2, 0.25) is 0 Å². The average molecular weight is 199 g/mol. The molecule has 2 atom stereocenters. The summed E-state index contributed by atoms with van der Waals surface area (Å²) in [6.45, 7) is 3.95. The fourth-order valence-corrected chi connectivity index (χ4v) is 1.44. The number of hydrogen-bond acceptors (Lipinski definition) is 0. The number of rotatable bonds is 6. The number of hydrogen-bond donors (Lipinski definition) is 0. The maximum atomic E-state index is 12.0. The van der Waals surface area contributed by atoms with Crippen LogP contribution in [-0.2, 0) is 0 Å². The van der Waals surface area contributed by atoms with E-state index in [1.165, 1.54) is 0 Å². The van der Waals surface area contributed by atoms with Gasteiger partial charge >= 0.3 is 0 Å². The third-order valence-corrected chi connectivity index (χ3v) is 2.61. The summed E-state index contributed by atoms with van der Waals surface area (Å²) in [5.41, 5.74) is 0. The first-order valence-electron chi connectivity index (χ1n) is 4.44. The molecule has 0 saturated carbocycles. The van der Waals surface area contributed by atoms with E-state index in [0.717, 1.165) is 12.8 Å². The van der Waals surface area contributed by atoms with E-state index >= 15 is 0 Å². The molecule has 0 fully saturated rings. The van der Waals surface area contributed by atoms with Crippen molar-refractivity contribution in [2.75, 3.05) is 5.88 Å². The second kappa shape index (κ2) is 6.64. The van der Waals surface area contributed by atoms with E-state index in [1.54, 1.807) is 0 Å². The van der Waals surface area contributed by atoms with Crippen molar-refractivity contribution in [2.45, 2.75) is 39.5 Å². The van der Waals surface area contributed by atoms with Crippen LogP contribution in [0.4, 0.5) is 8.78 Å². The lowest BCUT2D eigenvalue weighted by Gasteiger charge is -2.17. The van der Waals surface area contributed by atoms with Crippen molar-refractivity contribution < 1.29 is 8.78 Å². The normalized spacial score (nSPS) is 16.5.